The van der Waals surface area contributed by atoms with Crippen LogP contribution in [-0.4, -0.2) is 31.4 Å². The third-order valence-electron chi connectivity index (χ3n) is 4.92. The molecular weight excluding hydrogens is 421 g/mol. The maximum Gasteiger partial charge on any atom is 0.416 e. The summed E-state index contributed by atoms with van der Waals surface area (Å²) in [6, 6.07) is 10.7. The Balaban J connectivity index is 1.55. The van der Waals surface area contributed by atoms with E-state index in [2.05, 4.69) is 20.4 Å². The molecule has 0 fully saturated rings. The highest BCUT2D eigenvalue weighted by Gasteiger charge is 2.30. The molecule has 4 rings (SSSR count). The first kappa shape index (κ1) is 21.4. The summed E-state index contributed by atoms with van der Waals surface area (Å²) in [5.74, 6) is 1.70. The molecule has 0 saturated heterocycles. The van der Waals surface area contributed by atoms with Crippen LogP contribution in [0.1, 0.15) is 17.1 Å². The summed E-state index contributed by atoms with van der Waals surface area (Å²) in [5.41, 5.74) is 2.12. The number of hydrogen-bond acceptors (Lipinski definition) is 5. The first-order valence-electron chi connectivity index (χ1n) is 9.75. The van der Waals surface area contributed by atoms with Crippen LogP contribution in [0.25, 0.3) is 17.1 Å². The minimum atomic E-state index is -4.39. The van der Waals surface area contributed by atoms with Crippen molar-refractivity contribution >= 4 is 5.69 Å². The number of alkyl halides is 3. The summed E-state index contributed by atoms with van der Waals surface area (Å²) in [5, 5.41) is 7.42. The van der Waals surface area contributed by atoms with Crippen LogP contribution in [0.3, 0.4) is 0 Å². The molecule has 10 heteroatoms. The van der Waals surface area contributed by atoms with Gasteiger partial charge in [0.15, 0.2) is 5.82 Å². The van der Waals surface area contributed by atoms with Crippen LogP contribution < -0.4 is 10.1 Å². The molecule has 4 aromatic rings. The van der Waals surface area contributed by atoms with Crippen molar-refractivity contribution in [2.45, 2.75) is 19.6 Å². The molecule has 0 atom stereocenters. The summed E-state index contributed by atoms with van der Waals surface area (Å²) in [4.78, 5) is 8.78. The topological polar surface area (TPSA) is 69.8 Å². The lowest BCUT2D eigenvalue weighted by atomic mass is 10.1. The molecule has 0 bridgehead atoms. The maximum atomic E-state index is 12.9. The summed E-state index contributed by atoms with van der Waals surface area (Å²) in [6.45, 7) is 2.12. The molecule has 0 aliphatic heterocycles. The van der Waals surface area contributed by atoms with Gasteiger partial charge in [-0.1, -0.05) is 6.07 Å². The van der Waals surface area contributed by atoms with Gasteiger partial charge in [0.05, 0.1) is 36.9 Å². The molecule has 2 aromatic heterocycles. The zero-order chi connectivity index (χ0) is 22.9. The van der Waals surface area contributed by atoms with Crippen molar-refractivity contribution < 1.29 is 17.9 Å². The second-order valence-electron chi connectivity index (χ2n) is 7.22. The van der Waals surface area contributed by atoms with Crippen LogP contribution in [0, 0.1) is 6.92 Å². The molecule has 0 aliphatic rings. The number of nitrogens with one attached hydrogen (secondary N) is 1. The number of anilines is 1. The Morgan fingerprint density at radius 1 is 1.12 bits per heavy atom. The standard InChI is InChI=1S/C22H21F3N6O/c1-14-12-31(13-27-14)18-8-7-15(9-19(18)32-3)21-28-20(30(2)29-21)11-26-17-6-4-5-16(10-17)22(23,24)25/h4-10,12-13,26H,11H2,1-3H3. The molecule has 32 heavy (non-hydrogen) atoms. The van der Waals surface area contributed by atoms with Gasteiger partial charge in [0.2, 0.25) is 0 Å². The van der Waals surface area contributed by atoms with E-state index in [4.69, 9.17) is 4.74 Å². The minimum absolute atomic E-state index is 0.217. The van der Waals surface area contributed by atoms with E-state index in [1.165, 1.54) is 6.07 Å². The van der Waals surface area contributed by atoms with Gasteiger partial charge in [-0.2, -0.15) is 18.3 Å². The third-order valence-corrected chi connectivity index (χ3v) is 4.92. The van der Waals surface area contributed by atoms with Crippen molar-refractivity contribution in [3.8, 4) is 22.8 Å². The molecule has 2 heterocycles. The van der Waals surface area contributed by atoms with Crippen molar-refractivity contribution in [1.29, 1.82) is 0 Å². The number of aromatic nitrogens is 5. The monoisotopic (exact) mass is 442 g/mol. The van der Waals surface area contributed by atoms with E-state index >= 15 is 0 Å². The van der Waals surface area contributed by atoms with Gasteiger partial charge in [-0.05, 0) is 43.3 Å². The van der Waals surface area contributed by atoms with Crippen LogP contribution >= 0.6 is 0 Å². The summed E-state index contributed by atoms with van der Waals surface area (Å²) >= 11 is 0. The van der Waals surface area contributed by atoms with E-state index in [9.17, 15) is 13.2 Å². The van der Waals surface area contributed by atoms with E-state index < -0.39 is 11.7 Å². The van der Waals surface area contributed by atoms with Crippen molar-refractivity contribution in [1.82, 2.24) is 24.3 Å². The van der Waals surface area contributed by atoms with Crippen LogP contribution in [0.15, 0.2) is 55.0 Å². The van der Waals surface area contributed by atoms with Crippen LogP contribution in [0.4, 0.5) is 18.9 Å². The fraction of sp³-hybridized carbons (Fsp3) is 0.227. The molecule has 0 amide bonds. The number of ether oxygens (including phenoxy) is 1. The number of benzene rings is 2. The zero-order valence-electron chi connectivity index (χ0n) is 17.7. The van der Waals surface area contributed by atoms with Crippen molar-refractivity contribution in [3.63, 3.8) is 0 Å². The minimum Gasteiger partial charge on any atom is -0.495 e. The average Bonchev–Trinajstić information content (AvgIpc) is 3.36. The van der Waals surface area contributed by atoms with Gasteiger partial charge in [0.25, 0.3) is 0 Å². The molecule has 0 unspecified atom stereocenters. The fourth-order valence-electron chi connectivity index (χ4n) is 3.26. The molecule has 0 aliphatic carbocycles. The number of aryl methyl sites for hydroxylation is 2. The molecule has 166 valence electrons. The first-order chi connectivity index (χ1) is 15.2. The van der Waals surface area contributed by atoms with E-state index in [1.54, 1.807) is 31.2 Å². The molecule has 7 nitrogen and oxygen atoms in total. The van der Waals surface area contributed by atoms with E-state index in [-0.39, 0.29) is 6.54 Å². The molecular formula is C22H21F3N6O. The highest BCUT2D eigenvalue weighted by Crippen LogP contribution is 2.31. The second kappa shape index (κ2) is 8.37. The van der Waals surface area contributed by atoms with Gasteiger partial charge in [0, 0.05) is 24.5 Å². The Bertz CT molecular complexity index is 1240. The Morgan fingerprint density at radius 3 is 2.62 bits per heavy atom. The van der Waals surface area contributed by atoms with Gasteiger partial charge >= 0.3 is 6.18 Å². The smallest absolute Gasteiger partial charge is 0.416 e. The molecule has 1 N–H and O–H groups in total. The van der Waals surface area contributed by atoms with Gasteiger partial charge in [-0.15, -0.1) is 0 Å². The normalized spacial score (nSPS) is 11.6. The summed E-state index contributed by atoms with van der Waals surface area (Å²) < 4.78 is 47.7. The second-order valence-corrected chi connectivity index (χ2v) is 7.22. The van der Waals surface area contributed by atoms with Gasteiger partial charge < -0.3 is 14.6 Å². The van der Waals surface area contributed by atoms with Crippen LogP contribution in [-0.2, 0) is 19.8 Å². The number of nitrogens with zero attached hydrogens (tertiary/aromatic N) is 5. The Morgan fingerprint density at radius 2 is 1.94 bits per heavy atom. The van der Waals surface area contributed by atoms with Gasteiger partial charge in [0.1, 0.15) is 11.6 Å². The lowest BCUT2D eigenvalue weighted by molar-refractivity contribution is -0.137. The average molecular weight is 442 g/mol. The largest absolute Gasteiger partial charge is 0.495 e. The molecule has 0 saturated carbocycles. The maximum absolute atomic E-state index is 12.9. The SMILES string of the molecule is COc1cc(-c2nc(CNc3cccc(C(F)(F)F)c3)n(C)n2)ccc1-n1cnc(C)c1. The fourth-order valence-corrected chi connectivity index (χ4v) is 3.26. The summed E-state index contributed by atoms with van der Waals surface area (Å²) in [7, 11) is 3.32. The van der Waals surface area contributed by atoms with E-state index in [0.717, 1.165) is 29.1 Å². The third kappa shape index (κ3) is 4.43. The predicted octanol–water partition coefficient (Wildman–Crippen LogP) is 4.62. The van der Waals surface area contributed by atoms with E-state index in [0.29, 0.717) is 23.1 Å². The van der Waals surface area contributed by atoms with Crippen LogP contribution in [0.5, 0.6) is 5.75 Å². The van der Waals surface area contributed by atoms with Crippen LogP contribution in [0.2, 0.25) is 0 Å². The number of imidazole rings is 1. The van der Waals surface area contributed by atoms with Crippen molar-refractivity contribution in [3.05, 3.63) is 72.1 Å². The quantitative estimate of drug-likeness (QED) is 0.472. The molecule has 0 radical (unpaired) electrons. The highest BCUT2D eigenvalue weighted by molar-refractivity contribution is 5.63. The Hall–Kier alpha value is -3.82. The predicted molar refractivity (Wildman–Crippen MR) is 114 cm³/mol. The Labute approximate surface area is 182 Å². The number of hydrogen-bond donors (Lipinski definition) is 1. The summed E-state index contributed by atoms with van der Waals surface area (Å²) in [6.07, 6.45) is -0.784. The van der Waals surface area contributed by atoms with Gasteiger partial charge in [-0.3, -0.25) is 4.68 Å². The van der Waals surface area contributed by atoms with E-state index in [1.807, 2.05) is 35.9 Å². The Kier molecular flexibility index (Phi) is 5.60. The van der Waals surface area contributed by atoms with Crippen molar-refractivity contribution in [2.75, 3.05) is 12.4 Å². The first-order valence-corrected chi connectivity index (χ1v) is 9.75. The van der Waals surface area contributed by atoms with Gasteiger partial charge in [-0.25, -0.2) is 9.97 Å². The number of rotatable bonds is 6. The number of methoxy groups -OCH3 is 1. The lowest BCUT2D eigenvalue weighted by Gasteiger charge is -2.10. The lowest BCUT2D eigenvalue weighted by Crippen LogP contribution is -2.09. The highest BCUT2D eigenvalue weighted by atomic mass is 19.4. The molecule has 0 spiro atoms. The number of halogens is 3. The van der Waals surface area contributed by atoms with Crippen molar-refractivity contribution in [2.24, 2.45) is 7.05 Å². The molecule has 2 aromatic carbocycles. The zero-order valence-corrected chi connectivity index (χ0v) is 17.7.